The van der Waals surface area contributed by atoms with Crippen LogP contribution in [0.3, 0.4) is 0 Å². The average Bonchev–Trinajstić information content (AvgIpc) is 2.15. The van der Waals surface area contributed by atoms with Crippen molar-refractivity contribution >= 4 is 5.97 Å². The number of rotatable bonds is 6. The predicted octanol–water partition coefficient (Wildman–Crippen LogP) is 1.11. The number of carboxylic acids is 1. The van der Waals surface area contributed by atoms with Gasteiger partial charge < -0.3 is 15.1 Å². The summed E-state index contributed by atoms with van der Waals surface area (Å²) in [6, 6.07) is 0. The molecule has 0 radical (unpaired) electrons. The zero-order chi connectivity index (χ0) is 12.1. The molecule has 0 unspecified atom stereocenters. The Morgan fingerprint density at radius 1 is 1.50 bits per heavy atom. The van der Waals surface area contributed by atoms with Crippen molar-refractivity contribution in [2.24, 2.45) is 5.92 Å². The fourth-order valence-corrected chi connectivity index (χ4v) is 2.01. The predicted molar refractivity (Wildman–Crippen MR) is 62.2 cm³/mol. The first-order valence-electron chi connectivity index (χ1n) is 5.81. The van der Waals surface area contributed by atoms with Gasteiger partial charge in [-0.2, -0.15) is 0 Å². The van der Waals surface area contributed by atoms with Crippen LogP contribution < -0.4 is 0 Å². The van der Waals surface area contributed by atoms with Crippen molar-refractivity contribution in [1.82, 2.24) is 4.90 Å². The number of hydrogen-bond donors (Lipinski definition) is 2. The fraction of sp³-hybridized carbons (Fsp3) is 0.750. The van der Waals surface area contributed by atoms with Crippen molar-refractivity contribution in [2.45, 2.75) is 32.3 Å². The molecule has 0 aromatic rings. The molecule has 1 saturated carbocycles. The summed E-state index contributed by atoms with van der Waals surface area (Å²) in [6.45, 7) is 3.45. The van der Waals surface area contributed by atoms with Crippen molar-refractivity contribution < 1.29 is 15.0 Å². The zero-order valence-electron chi connectivity index (χ0n) is 10.0. The molecule has 1 aliphatic carbocycles. The SMILES string of the molecule is CCC(=CCN(C)CC1CC(O)C1)C(=O)O. The second-order valence-corrected chi connectivity index (χ2v) is 4.60. The molecule has 0 bridgehead atoms. The molecule has 92 valence electrons. The number of carboxylic acid groups (broad SMARTS) is 1. The average molecular weight is 227 g/mol. The highest BCUT2D eigenvalue weighted by molar-refractivity contribution is 5.86. The third-order valence-electron chi connectivity index (χ3n) is 3.09. The molecule has 0 aliphatic heterocycles. The Labute approximate surface area is 96.6 Å². The molecule has 0 spiro atoms. The van der Waals surface area contributed by atoms with Crippen LogP contribution in [0.25, 0.3) is 0 Å². The molecule has 0 atom stereocenters. The Morgan fingerprint density at radius 3 is 2.56 bits per heavy atom. The van der Waals surface area contributed by atoms with Gasteiger partial charge in [0.25, 0.3) is 0 Å². The van der Waals surface area contributed by atoms with E-state index in [4.69, 9.17) is 10.2 Å². The molecule has 0 amide bonds. The van der Waals surface area contributed by atoms with Gasteiger partial charge in [0.1, 0.15) is 0 Å². The maximum Gasteiger partial charge on any atom is 0.331 e. The van der Waals surface area contributed by atoms with Crippen LogP contribution in [0, 0.1) is 5.92 Å². The van der Waals surface area contributed by atoms with E-state index in [2.05, 4.69) is 4.90 Å². The van der Waals surface area contributed by atoms with Crippen LogP contribution >= 0.6 is 0 Å². The number of aliphatic hydroxyl groups excluding tert-OH is 1. The fourth-order valence-electron chi connectivity index (χ4n) is 2.01. The molecule has 0 saturated heterocycles. The molecule has 0 aromatic carbocycles. The summed E-state index contributed by atoms with van der Waals surface area (Å²) >= 11 is 0. The van der Waals surface area contributed by atoms with E-state index in [0.29, 0.717) is 24.5 Å². The van der Waals surface area contributed by atoms with Crippen molar-refractivity contribution in [3.8, 4) is 0 Å². The van der Waals surface area contributed by atoms with Crippen molar-refractivity contribution in [3.63, 3.8) is 0 Å². The lowest BCUT2D eigenvalue weighted by atomic mass is 9.82. The van der Waals surface area contributed by atoms with Gasteiger partial charge in [-0.1, -0.05) is 13.0 Å². The largest absolute Gasteiger partial charge is 0.478 e. The van der Waals surface area contributed by atoms with E-state index in [9.17, 15) is 4.79 Å². The highest BCUT2D eigenvalue weighted by Crippen LogP contribution is 2.27. The molecule has 0 aromatic heterocycles. The maximum atomic E-state index is 10.8. The van der Waals surface area contributed by atoms with Gasteiger partial charge in [-0.15, -0.1) is 0 Å². The number of likely N-dealkylation sites (N-methyl/N-ethyl adjacent to an activating group) is 1. The Balaban J connectivity index is 2.28. The first kappa shape index (κ1) is 13.2. The molecule has 4 nitrogen and oxygen atoms in total. The van der Waals surface area contributed by atoms with Gasteiger partial charge in [0.05, 0.1) is 6.10 Å². The molecule has 2 N–H and O–H groups in total. The first-order chi connectivity index (χ1) is 7.52. The standard InChI is InChI=1S/C12H21NO3/c1-3-10(12(15)16)4-5-13(2)8-9-6-11(14)7-9/h4,9,11,14H,3,5-8H2,1-2H3,(H,15,16). The Hall–Kier alpha value is -0.870. The molecule has 4 heteroatoms. The number of aliphatic carboxylic acids is 1. The lowest BCUT2D eigenvalue weighted by Crippen LogP contribution is -2.37. The van der Waals surface area contributed by atoms with Crippen LogP contribution in [0.1, 0.15) is 26.2 Å². The van der Waals surface area contributed by atoms with Gasteiger partial charge in [0, 0.05) is 18.7 Å². The molecule has 0 heterocycles. The normalized spacial score (nSPS) is 25.6. The van der Waals surface area contributed by atoms with E-state index >= 15 is 0 Å². The van der Waals surface area contributed by atoms with E-state index in [0.717, 1.165) is 19.4 Å². The molecule has 16 heavy (non-hydrogen) atoms. The molecule has 1 fully saturated rings. The summed E-state index contributed by atoms with van der Waals surface area (Å²) in [7, 11) is 1.98. The monoisotopic (exact) mass is 227 g/mol. The van der Waals surface area contributed by atoms with Gasteiger partial charge in [-0.05, 0) is 32.2 Å². The van der Waals surface area contributed by atoms with Crippen molar-refractivity contribution in [2.75, 3.05) is 20.1 Å². The Kier molecular flexibility index (Phi) is 4.96. The number of carbonyl (C=O) groups is 1. The number of hydrogen-bond acceptors (Lipinski definition) is 3. The van der Waals surface area contributed by atoms with Gasteiger partial charge in [0.2, 0.25) is 0 Å². The molecule has 1 rings (SSSR count). The number of nitrogens with zero attached hydrogens (tertiary/aromatic N) is 1. The summed E-state index contributed by atoms with van der Waals surface area (Å²) in [5.41, 5.74) is 0.473. The van der Waals surface area contributed by atoms with Gasteiger partial charge in [0.15, 0.2) is 0 Å². The van der Waals surface area contributed by atoms with Crippen molar-refractivity contribution in [1.29, 1.82) is 0 Å². The van der Waals surface area contributed by atoms with Crippen LogP contribution in [-0.4, -0.2) is 47.3 Å². The minimum absolute atomic E-state index is 0.112. The van der Waals surface area contributed by atoms with Crippen LogP contribution in [0.4, 0.5) is 0 Å². The second-order valence-electron chi connectivity index (χ2n) is 4.60. The lowest BCUT2D eigenvalue weighted by Gasteiger charge is -2.34. The minimum Gasteiger partial charge on any atom is -0.478 e. The lowest BCUT2D eigenvalue weighted by molar-refractivity contribution is -0.132. The van der Waals surface area contributed by atoms with Crippen LogP contribution in [-0.2, 0) is 4.79 Å². The van der Waals surface area contributed by atoms with Gasteiger partial charge in [-0.3, -0.25) is 0 Å². The summed E-state index contributed by atoms with van der Waals surface area (Å²) in [5.74, 6) is -0.252. The second kappa shape index (κ2) is 6.01. The molecular formula is C12H21NO3. The highest BCUT2D eigenvalue weighted by Gasteiger charge is 2.27. The summed E-state index contributed by atoms with van der Waals surface area (Å²) in [4.78, 5) is 12.9. The third-order valence-corrected chi connectivity index (χ3v) is 3.09. The molecular weight excluding hydrogens is 206 g/mol. The minimum atomic E-state index is -0.824. The summed E-state index contributed by atoms with van der Waals surface area (Å²) in [6.07, 6.45) is 3.99. The van der Waals surface area contributed by atoms with Crippen molar-refractivity contribution in [3.05, 3.63) is 11.6 Å². The zero-order valence-corrected chi connectivity index (χ0v) is 10.0. The highest BCUT2D eigenvalue weighted by atomic mass is 16.4. The van der Waals surface area contributed by atoms with Gasteiger partial charge in [-0.25, -0.2) is 4.79 Å². The van der Waals surface area contributed by atoms with E-state index < -0.39 is 5.97 Å². The maximum absolute atomic E-state index is 10.8. The Bertz CT molecular complexity index is 269. The summed E-state index contributed by atoms with van der Waals surface area (Å²) in [5, 5.41) is 18.0. The number of aliphatic hydroxyl groups is 1. The quantitative estimate of drug-likeness (QED) is 0.667. The van der Waals surface area contributed by atoms with Crippen LogP contribution in [0.5, 0.6) is 0 Å². The van der Waals surface area contributed by atoms with E-state index in [1.54, 1.807) is 6.08 Å². The van der Waals surface area contributed by atoms with Crippen LogP contribution in [0.2, 0.25) is 0 Å². The molecule has 1 aliphatic rings. The summed E-state index contributed by atoms with van der Waals surface area (Å²) < 4.78 is 0. The van der Waals surface area contributed by atoms with Gasteiger partial charge >= 0.3 is 5.97 Å². The third kappa shape index (κ3) is 3.94. The smallest absolute Gasteiger partial charge is 0.331 e. The Morgan fingerprint density at radius 2 is 2.12 bits per heavy atom. The first-order valence-corrected chi connectivity index (χ1v) is 5.81. The van der Waals surface area contributed by atoms with E-state index in [1.807, 2.05) is 14.0 Å². The van der Waals surface area contributed by atoms with E-state index in [1.165, 1.54) is 0 Å². The van der Waals surface area contributed by atoms with E-state index in [-0.39, 0.29) is 6.10 Å². The topological polar surface area (TPSA) is 60.8 Å². The van der Waals surface area contributed by atoms with Crippen LogP contribution in [0.15, 0.2) is 11.6 Å².